The number of carbonyl (C=O) groups excluding carboxylic acids is 1. The molecule has 1 aromatic carbocycles. The molecule has 1 aromatic rings. The molecule has 1 rings (SSSR count). The number of amides is 1. The summed E-state index contributed by atoms with van der Waals surface area (Å²) in [4.78, 5) is 24.1. The molecule has 8 heteroatoms. The summed E-state index contributed by atoms with van der Waals surface area (Å²) in [6, 6.07) is 9.29. The molecule has 0 aliphatic heterocycles. The van der Waals surface area contributed by atoms with Gasteiger partial charge in [0.1, 0.15) is 11.6 Å². The van der Waals surface area contributed by atoms with Crippen molar-refractivity contribution in [3.05, 3.63) is 35.9 Å². The smallest absolute Gasteiger partial charge is 0.408 e. The molecule has 4 unspecified atom stereocenters. The SMILES string of the molecule is CCCC(CCCCC(NC(=O)OC(C)(C)C)C(=O)O)C(O[Si](C(C)C)(C(C)C)C(C)C)C(C)OCc1ccccc1. The molecule has 7 nitrogen and oxygen atoms in total. The van der Waals surface area contributed by atoms with Gasteiger partial charge in [-0.15, -0.1) is 0 Å². The maximum Gasteiger partial charge on any atom is 0.408 e. The normalized spacial score (nSPS) is 15.5. The van der Waals surface area contributed by atoms with E-state index in [-0.39, 0.29) is 18.1 Å². The molecule has 0 fully saturated rings. The second kappa shape index (κ2) is 18.0. The van der Waals surface area contributed by atoms with E-state index in [2.05, 4.69) is 72.8 Å². The summed E-state index contributed by atoms with van der Waals surface area (Å²) in [5, 5.41) is 12.2. The van der Waals surface area contributed by atoms with Crippen molar-refractivity contribution in [1.29, 1.82) is 0 Å². The Balaban J connectivity index is 3.12. The first-order valence-electron chi connectivity index (χ1n) is 16.1. The third-order valence-corrected chi connectivity index (χ3v) is 14.4. The summed E-state index contributed by atoms with van der Waals surface area (Å²) in [7, 11) is -2.19. The molecular formula is C34H61NO6Si. The second-order valence-electron chi connectivity index (χ2n) is 13.8. The van der Waals surface area contributed by atoms with Crippen LogP contribution in [0.1, 0.15) is 120 Å². The highest BCUT2D eigenvalue weighted by Gasteiger charge is 2.48. The number of aliphatic carboxylic acids is 1. The number of hydrogen-bond acceptors (Lipinski definition) is 5. The van der Waals surface area contributed by atoms with Crippen molar-refractivity contribution < 1.29 is 28.6 Å². The molecule has 0 heterocycles. The van der Waals surface area contributed by atoms with Crippen LogP contribution < -0.4 is 5.32 Å². The maximum absolute atomic E-state index is 12.2. The molecule has 4 atom stereocenters. The number of carboxylic acid groups (broad SMARTS) is 1. The van der Waals surface area contributed by atoms with E-state index < -0.39 is 32.0 Å². The van der Waals surface area contributed by atoms with E-state index in [9.17, 15) is 14.7 Å². The standard InChI is InChI=1S/C34H61NO6Si/c1-12-18-29(21-16-17-22-30(32(36)37)35-33(38)40-34(9,10)11)31(27(8)39-23-28-19-14-13-15-20-28)41-42(24(2)3,25(4)5)26(6)7/h13-15,19-20,24-27,29-31H,12,16-18,21-23H2,1-11H3,(H,35,38)(H,36,37). The van der Waals surface area contributed by atoms with Crippen LogP contribution in [0.5, 0.6) is 0 Å². The average Bonchev–Trinajstić information content (AvgIpc) is 2.88. The molecule has 42 heavy (non-hydrogen) atoms. The van der Waals surface area contributed by atoms with Gasteiger partial charge in [-0.05, 0) is 75.1 Å². The zero-order valence-electron chi connectivity index (χ0n) is 28.4. The minimum Gasteiger partial charge on any atom is -0.480 e. The number of alkyl carbamates (subject to hydrolysis) is 1. The van der Waals surface area contributed by atoms with Crippen molar-refractivity contribution in [2.75, 3.05) is 0 Å². The number of ether oxygens (including phenoxy) is 2. The van der Waals surface area contributed by atoms with Crippen molar-refractivity contribution in [1.82, 2.24) is 5.32 Å². The molecule has 2 N–H and O–H groups in total. The number of hydrogen-bond donors (Lipinski definition) is 2. The van der Waals surface area contributed by atoms with Crippen molar-refractivity contribution >= 4 is 20.4 Å². The number of nitrogens with one attached hydrogen (secondary N) is 1. The van der Waals surface area contributed by atoms with Crippen LogP contribution in [0.4, 0.5) is 4.79 Å². The molecule has 0 saturated carbocycles. The second-order valence-corrected chi connectivity index (χ2v) is 19.2. The molecule has 0 bridgehead atoms. The van der Waals surface area contributed by atoms with Gasteiger partial charge in [-0.3, -0.25) is 0 Å². The van der Waals surface area contributed by atoms with Crippen LogP contribution in [0.25, 0.3) is 0 Å². The topological polar surface area (TPSA) is 94.1 Å². The van der Waals surface area contributed by atoms with Crippen LogP contribution in [0.3, 0.4) is 0 Å². The minimum absolute atomic E-state index is 0.0531. The summed E-state index contributed by atoms with van der Waals surface area (Å²) in [5.41, 5.74) is 1.83. The fourth-order valence-corrected chi connectivity index (χ4v) is 12.1. The van der Waals surface area contributed by atoms with Gasteiger partial charge >= 0.3 is 12.1 Å². The molecular weight excluding hydrogens is 546 g/mol. The van der Waals surface area contributed by atoms with Gasteiger partial charge in [0.05, 0.1) is 18.8 Å². The Morgan fingerprint density at radius 3 is 1.90 bits per heavy atom. The average molecular weight is 608 g/mol. The quantitative estimate of drug-likeness (QED) is 0.120. The zero-order chi connectivity index (χ0) is 32.1. The van der Waals surface area contributed by atoms with Gasteiger partial charge < -0.3 is 24.3 Å². The predicted octanol–water partition coefficient (Wildman–Crippen LogP) is 9.11. The first-order chi connectivity index (χ1) is 19.5. The lowest BCUT2D eigenvalue weighted by Gasteiger charge is -2.47. The summed E-state index contributed by atoms with van der Waals surface area (Å²) in [6.45, 7) is 24.1. The summed E-state index contributed by atoms with van der Waals surface area (Å²) >= 11 is 0. The first-order valence-corrected chi connectivity index (χ1v) is 18.2. The van der Waals surface area contributed by atoms with Crippen LogP contribution in [0.2, 0.25) is 16.6 Å². The van der Waals surface area contributed by atoms with Crippen LogP contribution in [0.15, 0.2) is 30.3 Å². The van der Waals surface area contributed by atoms with Gasteiger partial charge in [0.15, 0.2) is 0 Å². The Morgan fingerprint density at radius 1 is 0.881 bits per heavy atom. The van der Waals surface area contributed by atoms with Crippen LogP contribution in [-0.4, -0.2) is 49.3 Å². The molecule has 0 saturated heterocycles. The van der Waals surface area contributed by atoms with E-state index >= 15 is 0 Å². The third-order valence-electron chi connectivity index (χ3n) is 8.30. The predicted molar refractivity (Wildman–Crippen MR) is 174 cm³/mol. The lowest BCUT2D eigenvalue weighted by atomic mass is 9.88. The summed E-state index contributed by atoms with van der Waals surface area (Å²) in [6.07, 6.45) is 3.99. The Bertz CT molecular complexity index is 893. The molecule has 0 aliphatic rings. The highest BCUT2D eigenvalue weighted by atomic mass is 28.4. The summed E-state index contributed by atoms with van der Waals surface area (Å²) in [5.74, 6) is -0.761. The van der Waals surface area contributed by atoms with Gasteiger partial charge in [-0.1, -0.05) is 98.1 Å². The van der Waals surface area contributed by atoms with Crippen molar-refractivity contribution in [3.8, 4) is 0 Å². The molecule has 1 amide bonds. The van der Waals surface area contributed by atoms with E-state index in [1.807, 2.05) is 18.2 Å². The first kappa shape index (κ1) is 38.1. The van der Waals surface area contributed by atoms with E-state index in [0.717, 1.165) is 31.2 Å². The van der Waals surface area contributed by atoms with E-state index in [1.165, 1.54) is 0 Å². The van der Waals surface area contributed by atoms with Gasteiger partial charge in [0.25, 0.3) is 0 Å². The monoisotopic (exact) mass is 607 g/mol. The molecule has 0 radical (unpaired) electrons. The third kappa shape index (κ3) is 12.4. The lowest BCUT2D eigenvalue weighted by molar-refractivity contribution is -0.139. The molecule has 0 aliphatic carbocycles. The fourth-order valence-electron chi connectivity index (χ4n) is 6.42. The minimum atomic E-state index is -2.19. The highest BCUT2D eigenvalue weighted by Crippen LogP contribution is 2.45. The number of carboxylic acids is 1. The zero-order valence-corrected chi connectivity index (χ0v) is 29.4. The van der Waals surface area contributed by atoms with Crippen molar-refractivity contribution in [2.45, 2.75) is 162 Å². The molecule has 242 valence electrons. The molecule has 0 spiro atoms. The van der Waals surface area contributed by atoms with E-state index in [0.29, 0.717) is 36.1 Å². The van der Waals surface area contributed by atoms with Gasteiger partial charge in [-0.2, -0.15) is 0 Å². The summed E-state index contributed by atoms with van der Waals surface area (Å²) < 4.78 is 19.2. The Labute approximate surface area is 257 Å². The van der Waals surface area contributed by atoms with Gasteiger partial charge in [0.2, 0.25) is 8.32 Å². The number of rotatable bonds is 19. The van der Waals surface area contributed by atoms with Crippen LogP contribution in [0, 0.1) is 5.92 Å². The fraction of sp³-hybridized carbons (Fsp3) is 0.765. The van der Waals surface area contributed by atoms with E-state index in [4.69, 9.17) is 13.9 Å². The van der Waals surface area contributed by atoms with Crippen molar-refractivity contribution in [2.24, 2.45) is 5.92 Å². The number of unbranched alkanes of at least 4 members (excludes halogenated alkanes) is 1. The van der Waals surface area contributed by atoms with Gasteiger partial charge in [-0.25, -0.2) is 9.59 Å². The Hall–Kier alpha value is -1.90. The number of carbonyl (C=O) groups is 2. The largest absolute Gasteiger partial charge is 0.480 e. The number of benzene rings is 1. The Kier molecular flexibility index (Phi) is 16.4. The van der Waals surface area contributed by atoms with Gasteiger partial charge in [0, 0.05) is 0 Å². The maximum atomic E-state index is 12.2. The molecule has 0 aromatic heterocycles. The van der Waals surface area contributed by atoms with Crippen LogP contribution >= 0.6 is 0 Å². The van der Waals surface area contributed by atoms with Crippen LogP contribution in [-0.2, 0) is 25.3 Å². The van der Waals surface area contributed by atoms with E-state index in [1.54, 1.807) is 20.8 Å². The van der Waals surface area contributed by atoms with Crippen molar-refractivity contribution in [3.63, 3.8) is 0 Å². The Morgan fingerprint density at radius 2 is 1.43 bits per heavy atom. The lowest BCUT2D eigenvalue weighted by Crippen LogP contribution is -2.54. The highest BCUT2D eigenvalue weighted by molar-refractivity contribution is 6.77.